The van der Waals surface area contributed by atoms with E-state index in [1.54, 1.807) is 18.2 Å². The van der Waals surface area contributed by atoms with E-state index in [0.717, 1.165) is 22.5 Å². The summed E-state index contributed by atoms with van der Waals surface area (Å²) >= 11 is 7.43. The number of nitrogens with one attached hydrogen (secondary N) is 3. The molecule has 0 aliphatic heterocycles. The zero-order chi connectivity index (χ0) is 23.7. The summed E-state index contributed by atoms with van der Waals surface area (Å²) in [6.45, 7) is 2.05. The Balaban J connectivity index is 1.40. The Kier molecular flexibility index (Phi) is 6.00. The van der Waals surface area contributed by atoms with Crippen LogP contribution in [0.15, 0.2) is 82.9 Å². The van der Waals surface area contributed by atoms with E-state index in [9.17, 15) is 9.59 Å². The third-order valence-electron chi connectivity index (χ3n) is 5.36. The van der Waals surface area contributed by atoms with Gasteiger partial charge in [0.1, 0.15) is 0 Å². The molecular weight excluding hydrogens is 470 g/mol. The number of rotatable bonds is 6. The van der Waals surface area contributed by atoms with Gasteiger partial charge in [0.2, 0.25) is 5.91 Å². The van der Waals surface area contributed by atoms with Crippen molar-refractivity contribution in [3.05, 3.63) is 94.0 Å². The van der Waals surface area contributed by atoms with Crippen LogP contribution in [0.3, 0.4) is 0 Å². The normalized spacial score (nSPS) is 11.1. The zero-order valence-corrected chi connectivity index (χ0v) is 19.7. The molecule has 0 saturated heterocycles. The van der Waals surface area contributed by atoms with Gasteiger partial charge >= 0.3 is 5.69 Å². The van der Waals surface area contributed by atoms with Crippen molar-refractivity contribution in [1.29, 1.82) is 0 Å². The van der Waals surface area contributed by atoms with Gasteiger partial charge < -0.3 is 15.3 Å². The minimum absolute atomic E-state index is 0.171. The summed E-state index contributed by atoms with van der Waals surface area (Å²) in [5.74, 6) is -0.000382. The Morgan fingerprint density at radius 1 is 1.06 bits per heavy atom. The van der Waals surface area contributed by atoms with E-state index in [0.29, 0.717) is 26.9 Å². The van der Waals surface area contributed by atoms with Gasteiger partial charge in [-0.05, 0) is 48.9 Å². The molecule has 0 fully saturated rings. The molecule has 2 aromatic heterocycles. The minimum atomic E-state index is -0.284. The monoisotopic (exact) mass is 489 g/mol. The number of amides is 1. The van der Waals surface area contributed by atoms with E-state index in [4.69, 9.17) is 11.6 Å². The maximum absolute atomic E-state index is 12.7. The number of nitrogens with zero attached hydrogens (tertiary/aromatic N) is 2. The third-order valence-corrected chi connectivity index (χ3v) is 6.56. The lowest BCUT2D eigenvalue weighted by molar-refractivity contribution is -0.113. The third kappa shape index (κ3) is 4.50. The molecule has 0 spiro atoms. The van der Waals surface area contributed by atoms with Crippen molar-refractivity contribution in [3.63, 3.8) is 0 Å². The van der Waals surface area contributed by atoms with Crippen LogP contribution < -0.4 is 11.0 Å². The number of carbonyl (C=O) groups is 1. The maximum Gasteiger partial charge on any atom is 0.323 e. The predicted octanol–water partition coefficient (Wildman–Crippen LogP) is 5.40. The number of hydrogen-bond acceptors (Lipinski definition) is 4. The highest BCUT2D eigenvalue weighted by Crippen LogP contribution is 2.32. The first kappa shape index (κ1) is 22.1. The van der Waals surface area contributed by atoms with Gasteiger partial charge in [0.15, 0.2) is 5.16 Å². The Morgan fingerprint density at radius 2 is 1.82 bits per heavy atom. The summed E-state index contributed by atoms with van der Waals surface area (Å²) in [6, 6.07) is 20.9. The molecule has 170 valence electrons. The van der Waals surface area contributed by atoms with Crippen LogP contribution in [0.5, 0.6) is 0 Å². The van der Waals surface area contributed by atoms with Gasteiger partial charge in [-0.25, -0.2) is 9.78 Å². The van der Waals surface area contributed by atoms with Crippen LogP contribution in [0.1, 0.15) is 5.56 Å². The van der Waals surface area contributed by atoms with E-state index < -0.39 is 0 Å². The summed E-state index contributed by atoms with van der Waals surface area (Å²) in [5.41, 5.74) is 5.63. The molecule has 0 aliphatic carbocycles. The Labute approximate surface area is 204 Å². The standard InChI is InChI=1S/C25H20ClN5O2S/c1-15-4-2-3-5-21(15)31-22(16-6-8-17(26)9-7-16)13-27-25(31)34-14-23(32)28-18-10-11-19-20(12-18)30-24(33)29-19/h2-13H,14H2,1H3,(H,28,32)(H2,29,30,33). The molecule has 0 radical (unpaired) electrons. The van der Waals surface area contributed by atoms with Gasteiger partial charge in [0, 0.05) is 16.3 Å². The molecule has 0 unspecified atom stereocenters. The molecular formula is C25H20ClN5O2S. The average Bonchev–Trinajstić information content (AvgIpc) is 3.41. The van der Waals surface area contributed by atoms with Crippen LogP contribution in [-0.2, 0) is 4.79 Å². The van der Waals surface area contributed by atoms with E-state index in [1.807, 2.05) is 61.7 Å². The summed E-state index contributed by atoms with van der Waals surface area (Å²) in [4.78, 5) is 34.2. The Hall–Kier alpha value is -3.75. The number of para-hydroxylation sites is 1. The number of aryl methyl sites for hydroxylation is 1. The average molecular weight is 490 g/mol. The molecule has 1 amide bonds. The lowest BCUT2D eigenvalue weighted by Crippen LogP contribution is -2.14. The quantitative estimate of drug-likeness (QED) is 0.278. The first-order chi connectivity index (χ1) is 16.5. The predicted molar refractivity (Wildman–Crippen MR) is 137 cm³/mol. The van der Waals surface area contributed by atoms with Crippen LogP contribution in [-0.4, -0.2) is 31.2 Å². The number of imidazole rings is 2. The van der Waals surface area contributed by atoms with Gasteiger partial charge in [-0.2, -0.15) is 0 Å². The van der Waals surface area contributed by atoms with Crippen LogP contribution in [0.4, 0.5) is 5.69 Å². The number of H-pyrrole nitrogens is 2. The van der Waals surface area contributed by atoms with Crippen molar-refractivity contribution >= 4 is 46.0 Å². The van der Waals surface area contributed by atoms with E-state index in [2.05, 4.69) is 24.8 Å². The molecule has 9 heteroatoms. The van der Waals surface area contributed by atoms with Crippen molar-refractivity contribution in [2.24, 2.45) is 0 Å². The maximum atomic E-state index is 12.7. The number of aromatic nitrogens is 4. The summed E-state index contributed by atoms with van der Waals surface area (Å²) in [5, 5.41) is 4.26. The van der Waals surface area contributed by atoms with Crippen molar-refractivity contribution in [2.75, 3.05) is 11.1 Å². The number of fused-ring (bicyclic) bond motifs is 1. The number of halogens is 1. The van der Waals surface area contributed by atoms with Gasteiger partial charge in [0.25, 0.3) is 0 Å². The van der Waals surface area contributed by atoms with Gasteiger partial charge in [-0.3, -0.25) is 9.36 Å². The molecule has 0 aliphatic rings. The molecule has 3 N–H and O–H groups in total. The number of carbonyl (C=O) groups excluding carboxylic acids is 1. The topological polar surface area (TPSA) is 95.6 Å². The number of hydrogen-bond donors (Lipinski definition) is 3. The number of aromatic amines is 2. The first-order valence-corrected chi connectivity index (χ1v) is 11.9. The first-order valence-electron chi connectivity index (χ1n) is 10.5. The van der Waals surface area contributed by atoms with E-state index in [-0.39, 0.29) is 17.3 Å². The highest BCUT2D eigenvalue weighted by atomic mass is 35.5. The lowest BCUT2D eigenvalue weighted by Gasteiger charge is -2.14. The second kappa shape index (κ2) is 9.24. The van der Waals surface area contributed by atoms with Crippen molar-refractivity contribution in [3.8, 4) is 16.9 Å². The fourth-order valence-electron chi connectivity index (χ4n) is 3.75. The molecule has 0 saturated carbocycles. The van der Waals surface area contributed by atoms with Crippen molar-refractivity contribution in [1.82, 2.24) is 19.5 Å². The van der Waals surface area contributed by atoms with Crippen LogP contribution in [0.2, 0.25) is 5.02 Å². The number of benzene rings is 3. The van der Waals surface area contributed by atoms with Gasteiger partial charge in [-0.15, -0.1) is 0 Å². The number of thioether (sulfide) groups is 1. The van der Waals surface area contributed by atoms with Crippen LogP contribution in [0.25, 0.3) is 28.0 Å². The van der Waals surface area contributed by atoms with Crippen molar-refractivity contribution in [2.45, 2.75) is 12.1 Å². The van der Waals surface area contributed by atoms with Gasteiger partial charge in [0.05, 0.1) is 34.4 Å². The molecule has 0 bridgehead atoms. The molecule has 34 heavy (non-hydrogen) atoms. The smallest absolute Gasteiger partial charge is 0.323 e. The van der Waals surface area contributed by atoms with Crippen LogP contribution >= 0.6 is 23.4 Å². The second-order valence-corrected chi connectivity index (χ2v) is 9.11. The van der Waals surface area contributed by atoms with E-state index in [1.165, 1.54) is 11.8 Å². The van der Waals surface area contributed by atoms with E-state index >= 15 is 0 Å². The summed E-state index contributed by atoms with van der Waals surface area (Å²) in [7, 11) is 0. The molecule has 2 heterocycles. The minimum Gasteiger partial charge on any atom is -0.325 e. The zero-order valence-electron chi connectivity index (χ0n) is 18.1. The molecule has 3 aromatic carbocycles. The highest BCUT2D eigenvalue weighted by molar-refractivity contribution is 7.99. The second-order valence-electron chi connectivity index (χ2n) is 7.73. The SMILES string of the molecule is Cc1ccccc1-n1c(-c2ccc(Cl)cc2)cnc1SCC(=O)Nc1ccc2[nH]c(=O)[nH]c2c1. The highest BCUT2D eigenvalue weighted by Gasteiger charge is 2.17. The lowest BCUT2D eigenvalue weighted by atomic mass is 10.1. The fraction of sp³-hybridized carbons (Fsp3) is 0.0800. The summed E-state index contributed by atoms with van der Waals surface area (Å²) in [6.07, 6.45) is 1.81. The molecule has 7 nitrogen and oxygen atoms in total. The largest absolute Gasteiger partial charge is 0.325 e. The van der Waals surface area contributed by atoms with Crippen molar-refractivity contribution < 1.29 is 4.79 Å². The Bertz CT molecular complexity index is 1550. The molecule has 0 atom stereocenters. The molecule has 5 aromatic rings. The Morgan fingerprint density at radius 3 is 2.62 bits per heavy atom. The van der Waals surface area contributed by atoms with Gasteiger partial charge in [-0.1, -0.05) is 53.7 Å². The number of anilines is 1. The fourth-order valence-corrected chi connectivity index (χ4v) is 4.66. The summed E-state index contributed by atoms with van der Waals surface area (Å²) < 4.78 is 2.06. The molecule has 5 rings (SSSR count). The van der Waals surface area contributed by atoms with Crippen LogP contribution in [0, 0.1) is 6.92 Å².